The largest absolute Gasteiger partial charge is 0.295 e. The summed E-state index contributed by atoms with van der Waals surface area (Å²) in [5, 5.41) is 7.56. The van der Waals surface area contributed by atoms with E-state index in [1.807, 2.05) is 30.3 Å². The molecule has 10 rings (SSSR count). The smallest absolute Gasteiger partial charge is 0.164 e. The van der Waals surface area contributed by atoms with E-state index in [9.17, 15) is 0 Å². The molecule has 3 heterocycles. The van der Waals surface area contributed by atoms with E-state index in [2.05, 4.69) is 143 Å². The zero-order valence-electron chi connectivity index (χ0n) is 27.9. The van der Waals surface area contributed by atoms with Gasteiger partial charge < -0.3 is 0 Å². The first-order valence-corrected chi connectivity index (χ1v) is 17.5. The minimum Gasteiger partial charge on any atom is -0.295 e. The van der Waals surface area contributed by atoms with Crippen LogP contribution < -0.4 is 0 Å². The Hall–Kier alpha value is -6.65. The van der Waals surface area contributed by atoms with Crippen LogP contribution in [0.3, 0.4) is 0 Å². The van der Waals surface area contributed by atoms with Crippen LogP contribution in [-0.2, 0) is 6.42 Å². The second-order valence-corrected chi connectivity index (χ2v) is 13.1. The number of hydrogen-bond acceptors (Lipinski definition) is 3. The highest BCUT2D eigenvalue weighted by molar-refractivity contribution is 6.20. The third kappa shape index (κ3) is 4.95. The number of nitrogens with zero attached hydrogens (tertiary/aromatic N) is 4. The fourth-order valence-corrected chi connectivity index (χ4v) is 7.89. The molecule has 4 nitrogen and oxygen atoms in total. The molecule has 6 aromatic carbocycles. The van der Waals surface area contributed by atoms with Gasteiger partial charge in [0.2, 0.25) is 0 Å². The van der Waals surface area contributed by atoms with E-state index in [4.69, 9.17) is 9.97 Å². The molecule has 0 fully saturated rings. The van der Waals surface area contributed by atoms with Gasteiger partial charge in [0.25, 0.3) is 0 Å². The summed E-state index contributed by atoms with van der Waals surface area (Å²) in [6, 6.07) is 55.8. The zero-order valence-corrected chi connectivity index (χ0v) is 27.9. The molecule has 1 aliphatic rings. The summed E-state index contributed by atoms with van der Waals surface area (Å²) in [7, 11) is 0. The van der Waals surface area contributed by atoms with Crippen LogP contribution in [0.2, 0.25) is 0 Å². The van der Waals surface area contributed by atoms with Crippen molar-refractivity contribution in [2.24, 2.45) is 0 Å². The first-order chi connectivity index (χ1) is 25.3. The van der Waals surface area contributed by atoms with Gasteiger partial charge in [0.15, 0.2) is 5.82 Å². The van der Waals surface area contributed by atoms with Crippen LogP contribution in [-0.4, -0.2) is 19.5 Å². The third-order valence-corrected chi connectivity index (χ3v) is 10.2. The van der Waals surface area contributed by atoms with Crippen molar-refractivity contribution in [3.05, 3.63) is 181 Å². The predicted molar refractivity (Wildman–Crippen MR) is 211 cm³/mol. The number of fused-ring (bicyclic) bond motifs is 4. The maximum Gasteiger partial charge on any atom is 0.164 e. The van der Waals surface area contributed by atoms with Crippen LogP contribution in [0.25, 0.3) is 83.7 Å². The summed E-state index contributed by atoms with van der Waals surface area (Å²) in [4.78, 5) is 15.0. The van der Waals surface area contributed by atoms with Crippen molar-refractivity contribution in [3.63, 3.8) is 0 Å². The predicted octanol–water partition coefficient (Wildman–Crippen LogP) is 11.6. The molecule has 0 N–H and O–H groups in total. The quantitative estimate of drug-likeness (QED) is 0.174. The fraction of sp³-hybridized carbons (Fsp3) is 0.0426. The summed E-state index contributed by atoms with van der Waals surface area (Å²) in [5.41, 5.74) is 10.9. The molecular weight excluding hydrogens is 621 g/mol. The van der Waals surface area contributed by atoms with Gasteiger partial charge in [-0.15, -0.1) is 0 Å². The number of benzene rings is 6. The molecule has 0 aliphatic heterocycles. The Labute approximate surface area is 296 Å². The average molecular weight is 653 g/mol. The van der Waals surface area contributed by atoms with E-state index in [1.165, 1.54) is 60.3 Å². The van der Waals surface area contributed by atoms with Crippen LogP contribution in [0.1, 0.15) is 23.4 Å². The monoisotopic (exact) mass is 652 g/mol. The summed E-state index contributed by atoms with van der Waals surface area (Å²) in [6.07, 6.45) is 5.89. The highest BCUT2D eigenvalue weighted by atomic mass is 15.1. The Kier molecular flexibility index (Phi) is 6.91. The first kappa shape index (κ1) is 29.3. The van der Waals surface area contributed by atoms with Crippen LogP contribution in [0.4, 0.5) is 0 Å². The van der Waals surface area contributed by atoms with E-state index < -0.39 is 0 Å². The molecule has 0 atom stereocenters. The van der Waals surface area contributed by atoms with Gasteiger partial charge in [-0.25, -0.2) is 9.97 Å². The Morgan fingerprint density at radius 1 is 0.471 bits per heavy atom. The maximum atomic E-state index is 5.37. The van der Waals surface area contributed by atoms with Crippen molar-refractivity contribution in [2.75, 3.05) is 0 Å². The van der Waals surface area contributed by atoms with Gasteiger partial charge >= 0.3 is 0 Å². The lowest BCUT2D eigenvalue weighted by molar-refractivity contribution is 0.886. The number of pyridine rings is 2. The molecule has 0 saturated heterocycles. The van der Waals surface area contributed by atoms with E-state index in [1.54, 1.807) is 6.20 Å². The minimum absolute atomic E-state index is 0.821. The lowest BCUT2D eigenvalue weighted by atomic mass is 9.83. The molecule has 0 bridgehead atoms. The summed E-state index contributed by atoms with van der Waals surface area (Å²) in [6.45, 7) is 0. The summed E-state index contributed by atoms with van der Waals surface area (Å²) < 4.78 is 2.30. The van der Waals surface area contributed by atoms with E-state index >= 15 is 0 Å². The average Bonchev–Trinajstić information content (AvgIpc) is 3.59. The first-order valence-electron chi connectivity index (χ1n) is 17.5. The van der Waals surface area contributed by atoms with Crippen molar-refractivity contribution in [1.29, 1.82) is 0 Å². The van der Waals surface area contributed by atoms with Crippen molar-refractivity contribution in [3.8, 4) is 39.7 Å². The molecule has 0 spiro atoms. The number of aromatic nitrogens is 4. The Balaban J connectivity index is 1.18. The highest BCUT2D eigenvalue weighted by Crippen LogP contribution is 2.45. The molecule has 1 aliphatic carbocycles. The molecule has 0 saturated carbocycles. The molecule has 240 valence electrons. The van der Waals surface area contributed by atoms with E-state index in [-0.39, 0.29) is 0 Å². The lowest BCUT2D eigenvalue weighted by Crippen LogP contribution is -2.07. The number of imidazole rings is 1. The molecule has 3 aromatic heterocycles. The van der Waals surface area contributed by atoms with Crippen LogP contribution in [0.15, 0.2) is 164 Å². The SMILES string of the molecule is C1=C(c2c3ccccc3c(-c3ccc4ccccc4c3)c3ccccc23)CCc2c1nc(-c1cccc(-c3ccccn3)n1)n2-c1ccccc1. The molecule has 0 unspecified atom stereocenters. The van der Waals surface area contributed by atoms with Gasteiger partial charge in [0, 0.05) is 11.9 Å². The zero-order chi connectivity index (χ0) is 33.7. The molecule has 9 aromatic rings. The van der Waals surface area contributed by atoms with Gasteiger partial charge in [-0.2, -0.15) is 0 Å². The van der Waals surface area contributed by atoms with Gasteiger partial charge in [-0.1, -0.05) is 115 Å². The number of para-hydroxylation sites is 1. The van der Waals surface area contributed by atoms with Crippen molar-refractivity contribution < 1.29 is 0 Å². The Morgan fingerprint density at radius 3 is 1.86 bits per heavy atom. The topological polar surface area (TPSA) is 43.6 Å². The van der Waals surface area contributed by atoms with Gasteiger partial charge in [0.1, 0.15) is 5.69 Å². The summed E-state index contributed by atoms with van der Waals surface area (Å²) in [5.74, 6) is 0.836. The number of hydrogen-bond donors (Lipinski definition) is 0. The van der Waals surface area contributed by atoms with E-state index in [0.29, 0.717) is 0 Å². The van der Waals surface area contributed by atoms with Crippen molar-refractivity contribution in [1.82, 2.24) is 19.5 Å². The van der Waals surface area contributed by atoms with Crippen LogP contribution >= 0.6 is 0 Å². The van der Waals surface area contributed by atoms with Crippen molar-refractivity contribution >= 4 is 44.0 Å². The number of allylic oxidation sites excluding steroid dienone is 1. The highest BCUT2D eigenvalue weighted by Gasteiger charge is 2.26. The summed E-state index contributed by atoms with van der Waals surface area (Å²) >= 11 is 0. The molecule has 0 radical (unpaired) electrons. The molecule has 51 heavy (non-hydrogen) atoms. The van der Waals surface area contributed by atoms with E-state index in [0.717, 1.165) is 47.1 Å². The maximum absolute atomic E-state index is 5.37. The Bertz CT molecular complexity index is 2740. The molecular formula is C47H32N4. The van der Waals surface area contributed by atoms with Crippen LogP contribution in [0, 0.1) is 0 Å². The van der Waals surface area contributed by atoms with Crippen molar-refractivity contribution in [2.45, 2.75) is 12.8 Å². The standard InChI is InChI=1S/C47H32N4/c1-2-15-35(16-3-1)51-44-27-26-34(30-43(44)50-47(51)42-23-12-22-41(49-42)40-21-10-11-28-48-40)46-38-19-8-6-17-36(38)45(37-18-7-9-20-39(37)46)33-25-24-31-13-4-5-14-32(31)29-33/h1-25,28-30H,26-27H2. The molecule has 0 amide bonds. The van der Waals surface area contributed by atoms with Crippen LogP contribution in [0.5, 0.6) is 0 Å². The minimum atomic E-state index is 0.821. The fourth-order valence-electron chi connectivity index (χ4n) is 7.89. The second-order valence-electron chi connectivity index (χ2n) is 13.1. The Morgan fingerprint density at radius 2 is 1.12 bits per heavy atom. The van der Waals surface area contributed by atoms with Gasteiger partial charge in [0.05, 0.1) is 22.8 Å². The van der Waals surface area contributed by atoms with Gasteiger partial charge in [-0.05, 0) is 116 Å². The second kappa shape index (κ2) is 12.0. The normalized spacial score (nSPS) is 12.7. The number of rotatable bonds is 5. The lowest BCUT2D eigenvalue weighted by Gasteiger charge is -2.22. The van der Waals surface area contributed by atoms with Gasteiger partial charge in [-0.3, -0.25) is 9.55 Å². The molecule has 4 heteroatoms. The third-order valence-electron chi connectivity index (χ3n) is 10.2.